The van der Waals surface area contributed by atoms with Gasteiger partial charge >= 0.3 is 0 Å². The summed E-state index contributed by atoms with van der Waals surface area (Å²) in [4.78, 5) is 13.9. The molecule has 2 N–H and O–H groups in total. The van der Waals surface area contributed by atoms with Crippen molar-refractivity contribution in [3.05, 3.63) is 54.1 Å². The molecule has 0 saturated heterocycles. The molecule has 4 nitrogen and oxygen atoms in total. The molecule has 0 saturated carbocycles. The minimum atomic E-state index is -0.000675. The van der Waals surface area contributed by atoms with E-state index < -0.39 is 0 Å². The Morgan fingerprint density at radius 1 is 1.15 bits per heavy atom. The molecule has 0 fully saturated rings. The van der Waals surface area contributed by atoms with Crippen LogP contribution in [0.4, 0.5) is 11.4 Å². The number of nitrogens with zero attached hydrogens (tertiary/aromatic N) is 1. The van der Waals surface area contributed by atoms with Crippen molar-refractivity contribution in [2.45, 2.75) is 6.42 Å². The molecule has 0 aliphatic heterocycles. The molecule has 0 heterocycles. The maximum Gasteiger partial charge on any atom is 0.231 e. The van der Waals surface area contributed by atoms with E-state index in [-0.39, 0.29) is 5.91 Å². The fourth-order valence-electron chi connectivity index (χ4n) is 1.97. The third kappa shape index (κ3) is 3.09. The van der Waals surface area contributed by atoms with Crippen LogP contribution < -0.4 is 15.4 Å². The number of hydrogen-bond acceptors (Lipinski definition) is 3. The van der Waals surface area contributed by atoms with E-state index in [1.54, 1.807) is 31.2 Å². The topological polar surface area (TPSA) is 55.6 Å². The first-order valence-corrected chi connectivity index (χ1v) is 6.36. The Bertz CT molecular complexity index is 594. The largest absolute Gasteiger partial charge is 0.496 e. The van der Waals surface area contributed by atoms with Gasteiger partial charge in [0.1, 0.15) is 5.75 Å². The molecule has 20 heavy (non-hydrogen) atoms. The Hall–Kier alpha value is -2.49. The Labute approximate surface area is 118 Å². The molecule has 0 atom stereocenters. The van der Waals surface area contributed by atoms with E-state index in [1.165, 1.54) is 0 Å². The van der Waals surface area contributed by atoms with Gasteiger partial charge in [-0.25, -0.2) is 0 Å². The lowest BCUT2D eigenvalue weighted by atomic mass is 10.1. The van der Waals surface area contributed by atoms with Crippen LogP contribution in [0.15, 0.2) is 48.5 Å². The summed E-state index contributed by atoms with van der Waals surface area (Å²) in [5.74, 6) is 0.728. The predicted octanol–water partition coefficient (Wildman–Crippen LogP) is 2.48. The van der Waals surface area contributed by atoms with Crippen LogP contribution in [0.1, 0.15) is 5.56 Å². The monoisotopic (exact) mass is 270 g/mol. The van der Waals surface area contributed by atoms with Crippen LogP contribution in [0.2, 0.25) is 0 Å². The van der Waals surface area contributed by atoms with Crippen LogP contribution in [0.5, 0.6) is 5.75 Å². The zero-order valence-corrected chi connectivity index (χ0v) is 11.7. The molecule has 2 aromatic carbocycles. The molecular formula is C16H18N2O2. The lowest BCUT2D eigenvalue weighted by molar-refractivity contribution is -0.117. The molecule has 0 spiro atoms. The number of para-hydroxylation sites is 1. The number of benzene rings is 2. The summed E-state index contributed by atoms with van der Waals surface area (Å²) in [6.45, 7) is 0. The normalized spacial score (nSPS) is 10.1. The van der Waals surface area contributed by atoms with Crippen LogP contribution in [0.25, 0.3) is 0 Å². The van der Waals surface area contributed by atoms with Gasteiger partial charge in [-0.15, -0.1) is 0 Å². The maximum absolute atomic E-state index is 12.3. The standard InChI is InChI=1S/C16H18N2O2/c1-18(14-9-7-13(17)8-10-14)16(19)11-12-5-3-4-6-15(12)20-2/h3-10H,11,17H2,1-2H3. The van der Waals surface area contributed by atoms with E-state index in [1.807, 2.05) is 36.4 Å². The second-order valence-electron chi connectivity index (χ2n) is 4.53. The molecule has 0 unspecified atom stereocenters. The number of rotatable bonds is 4. The van der Waals surface area contributed by atoms with Crippen molar-refractivity contribution in [2.24, 2.45) is 0 Å². The fourth-order valence-corrected chi connectivity index (χ4v) is 1.97. The Kier molecular flexibility index (Phi) is 4.25. The molecule has 104 valence electrons. The Morgan fingerprint density at radius 2 is 1.80 bits per heavy atom. The molecule has 1 amide bonds. The van der Waals surface area contributed by atoms with E-state index in [2.05, 4.69) is 0 Å². The predicted molar refractivity (Wildman–Crippen MR) is 81.0 cm³/mol. The summed E-state index contributed by atoms with van der Waals surface area (Å²) in [7, 11) is 3.36. The first kappa shape index (κ1) is 13.9. The summed E-state index contributed by atoms with van der Waals surface area (Å²) < 4.78 is 5.26. The summed E-state index contributed by atoms with van der Waals surface area (Å²) >= 11 is 0. The number of hydrogen-bond donors (Lipinski definition) is 1. The first-order valence-electron chi connectivity index (χ1n) is 6.36. The molecule has 4 heteroatoms. The van der Waals surface area contributed by atoms with Gasteiger partial charge in [0.15, 0.2) is 0 Å². The van der Waals surface area contributed by atoms with Crippen molar-refractivity contribution in [1.29, 1.82) is 0 Å². The van der Waals surface area contributed by atoms with Crippen molar-refractivity contribution in [3.63, 3.8) is 0 Å². The van der Waals surface area contributed by atoms with E-state index in [4.69, 9.17) is 10.5 Å². The summed E-state index contributed by atoms with van der Waals surface area (Å²) in [6.07, 6.45) is 0.297. The highest BCUT2D eigenvalue weighted by Gasteiger charge is 2.13. The molecule has 0 aliphatic carbocycles. The highest BCUT2D eigenvalue weighted by Crippen LogP contribution is 2.20. The van der Waals surface area contributed by atoms with Gasteiger partial charge in [0.25, 0.3) is 0 Å². The van der Waals surface area contributed by atoms with Crippen LogP contribution in [0, 0.1) is 0 Å². The number of nitrogens with two attached hydrogens (primary N) is 1. The van der Waals surface area contributed by atoms with Crippen molar-refractivity contribution in [3.8, 4) is 5.75 Å². The zero-order chi connectivity index (χ0) is 14.5. The van der Waals surface area contributed by atoms with E-state index in [0.29, 0.717) is 12.1 Å². The highest BCUT2D eigenvalue weighted by molar-refractivity contribution is 5.94. The van der Waals surface area contributed by atoms with Gasteiger partial charge < -0.3 is 15.4 Å². The molecule has 2 aromatic rings. The third-order valence-corrected chi connectivity index (χ3v) is 3.19. The molecule has 0 aliphatic rings. The highest BCUT2D eigenvalue weighted by atomic mass is 16.5. The Balaban J connectivity index is 2.13. The zero-order valence-electron chi connectivity index (χ0n) is 11.7. The second kappa shape index (κ2) is 6.10. The number of nitrogen functional groups attached to an aromatic ring is 1. The number of likely N-dealkylation sites (N-methyl/N-ethyl adjacent to an activating group) is 1. The summed E-state index contributed by atoms with van der Waals surface area (Å²) in [6, 6.07) is 14.7. The molecule has 2 rings (SSSR count). The quantitative estimate of drug-likeness (QED) is 0.868. The lowest BCUT2D eigenvalue weighted by Crippen LogP contribution is -2.27. The maximum atomic E-state index is 12.3. The number of carbonyl (C=O) groups excluding carboxylic acids is 1. The van der Waals surface area contributed by atoms with Crippen LogP contribution in [-0.4, -0.2) is 20.1 Å². The fraction of sp³-hybridized carbons (Fsp3) is 0.188. The van der Waals surface area contributed by atoms with Crippen molar-refractivity contribution < 1.29 is 9.53 Å². The van der Waals surface area contributed by atoms with Gasteiger partial charge in [0.05, 0.1) is 13.5 Å². The van der Waals surface area contributed by atoms with Crippen molar-refractivity contribution >= 4 is 17.3 Å². The smallest absolute Gasteiger partial charge is 0.231 e. The molecule has 0 bridgehead atoms. The molecule has 0 radical (unpaired) electrons. The number of ether oxygens (including phenoxy) is 1. The van der Waals surface area contributed by atoms with Crippen LogP contribution >= 0.6 is 0 Å². The summed E-state index contributed by atoms with van der Waals surface area (Å²) in [5, 5.41) is 0. The second-order valence-corrected chi connectivity index (χ2v) is 4.53. The number of methoxy groups -OCH3 is 1. The van der Waals surface area contributed by atoms with Crippen LogP contribution in [0.3, 0.4) is 0 Å². The number of carbonyl (C=O) groups is 1. The van der Waals surface area contributed by atoms with E-state index in [0.717, 1.165) is 17.0 Å². The van der Waals surface area contributed by atoms with E-state index >= 15 is 0 Å². The van der Waals surface area contributed by atoms with Gasteiger partial charge in [-0.3, -0.25) is 4.79 Å². The van der Waals surface area contributed by atoms with Gasteiger partial charge in [-0.2, -0.15) is 0 Å². The van der Waals surface area contributed by atoms with E-state index in [9.17, 15) is 4.79 Å². The number of anilines is 2. The van der Waals surface area contributed by atoms with Crippen molar-refractivity contribution in [1.82, 2.24) is 0 Å². The average Bonchev–Trinajstić information content (AvgIpc) is 2.48. The SMILES string of the molecule is COc1ccccc1CC(=O)N(C)c1ccc(N)cc1. The number of amides is 1. The van der Waals surface area contributed by atoms with Gasteiger partial charge in [-0.1, -0.05) is 18.2 Å². The van der Waals surface area contributed by atoms with Gasteiger partial charge in [0.2, 0.25) is 5.91 Å². The Morgan fingerprint density at radius 3 is 2.45 bits per heavy atom. The summed E-state index contributed by atoms with van der Waals surface area (Å²) in [5.41, 5.74) is 8.02. The van der Waals surface area contributed by atoms with Crippen molar-refractivity contribution in [2.75, 3.05) is 24.8 Å². The third-order valence-electron chi connectivity index (χ3n) is 3.19. The first-order chi connectivity index (χ1) is 9.61. The van der Waals surface area contributed by atoms with Gasteiger partial charge in [-0.05, 0) is 30.3 Å². The average molecular weight is 270 g/mol. The molecule has 0 aromatic heterocycles. The van der Waals surface area contributed by atoms with Crippen LogP contribution in [-0.2, 0) is 11.2 Å². The minimum Gasteiger partial charge on any atom is -0.496 e. The van der Waals surface area contributed by atoms with Gasteiger partial charge in [0, 0.05) is 24.0 Å². The lowest BCUT2D eigenvalue weighted by Gasteiger charge is -2.18. The molecular weight excluding hydrogens is 252 g/mol. The minimum absolute atomic E-state index is 0.000675.